The summed E-state index contributed by atoms with van der Waals surface area (Å²) in [6.45, 7) is 7.28. The molecule has 2 aromatic heterocycles. The first-order valence-electron chi connectivity index (χ1n) is 10.7. The number of fused-ring (bicyclic) bond motifs is 2. The monoisotopic (exact) mass is 433 g/mol. The molecule has 9 heteroatoms. The number of nitrogens with zero attached hydrogens (tertiary/aromatic N) is 6. The molecule has 0 aliphatic carbocycles. The lowest BCUT2D eigenvalue weighted by atomic mass is 10.1. The van der Waals surface area contributed by atoms with E-state index in [-0.39, 0.29) is 5.91 Å². The topological polar surface area (TPSA) is 87.1 Å². The number of rotatable bonds is 3. The molecule has 31 heavy (non-hydrogen) atoms. The van der Waals surface area contributed by atoms with Crippen molar-refractivity contribution in [2.75, 3.05) is 28.7 Å². The number of carbonyl (C=O) groups excluding carboxylic acids is 1. The second-order valence-electron chi connectivity index (χ2n) is 9.42. The van der Waals surface area contributed by atoms with Crippen molar-refractivity contribution in [2.45, 2.75) is 44.6 Å². The molecule has 5 rings (SSSR count). The van der Waals surface area contributed by atoms with Crippen molar-refractivity contribution in [3.05, 3.63) is 36.4 Å². The smallest absolute Gasteiger partial charge is 0.246 e. The van der Waals surface area contributed by atoms with Crippen LogP contribution in [-0.4, -0.2) is 53.6 Å². The standard InChI is InChI=1S/C22H27N7OSi/c1-14-7-18-15(9-23-13-25-18)8-17(14)26-22-24-10-19-21(27-22)29(11-20(30)28(19)2)16-5-6-31(3,4)12-16/h7-10,13,16H,5-6,11-12H2,1-4H3,(H,24,26,27). The van der Waals surface area contributed by atoms with Crippen LogP contribution in [0.2, 0.25) is 25.2 Å². The van der Waals surface area contributed by atoms with Gasteiger partial charge in [0.2, 0.25) is 11.9 Å². The molecule has 1 saturated heterocycles. The number of benzene rings is 1. The van der Waals surface area contributed by atoms with Gasteiger partial charge in [0.25, 0.3) is 0 Å². The average molecular weight is 434 g/mol. The van der Waals surface area contributed by atoms with Crippen LogP contribution in [-0.2, 0) is 4.79 Å². The molecule has 2 aliphatic rings. The van der Waals surface area contributed by atoms with Gasteiger partial charge in [0, 0.05) is 38.4 Å². The Morgan fingerprint density at radius 3 is 2.81 bits per heavy atom. The third kappa shape index (κ3) is 3.63. The van der Waals surface area contributed by atoms with Crippen molar-refractivity contribution in [2.24, 2.45) is 0 Å². The Bertz CT molecular complexity index is 1180. The molecule has 1 unspecified atom stereocenters. The Hall–Kier alpha value is -3.07. The SMILES string of the molecule is Cc1cc2ncncc2cc1Nc1ncc2c(n1)N(C1CC[Si](C)(C)C1)CC(=O)N2C. The van der Waals surface area contributed by atoms with Crippen molar-refractivity contribution in [3.63, 3.8) is 0 Å². The quantitative estimate of drug-likeness (QED) is 0.630. The number of hydrogen-bond acceptors (Lipinski definition) is 7. The minimum absolute atomic E-state index is 0.0913. The fraction of sp³-hybridized carbons (Fsp3) is 0.409. The number of likely N-dealkylation sites (N-methyl/N-ethyl adjacent to an activating group) is 1. The van der Waals surface area contributed by atoms with Crippen LogP contribution < -0.4 is 15.1 Å². The van der Waals surface area contributed by atoms with Crippen LogP contribution in [0, 0.1) is 6.92 Å². The van der Waals surface area contributed by atoms with Gasteiger partial charge in [-0.1, -0.05) is 19.1 Å². The second kappa shape index (κ2) is 7.26. The molecular weight excluding hydrogens is 406 g/mol. The number of aryl methyl sites for hydroxylation is 1. The Kier molecular flexibility index (Phi) is 4.65. The van der Waals surface area contributed by atoms with E-state index in [9.17, 15) is 4.79 Å². The summed E-state index contributed by atoms with van der Waals surface area (Å²) in [6, 6.07) is 6.91. The van der Waals surface area contributed by atoms with E-state index in [1.165, 1.54) is 12.1 Å². The average Bonchev–Trinajstić information content (AvgIpc) is 3.10. The van der Waals surface area contributed by atoms with Gasteiger partial charge < -0.3 is 15.1 Å². The first kappa shape index (κ1) is 19.9. The van der Waals surface area contributed by atoms with E-state index >= 15 is 0 Å². The van der Waals surface area contributed by atoms with Crippen LogP contribution in [0.15, 0.2) is 30.9 Å². The Labute approximate surface area is 182 Å². The fourth-order valence-electron chi connectivity index (χ4n) is 4.69. The van der Waals surface area contributed by atoms with Gasteiger partial charge in [0.05, 0.1) is 18.3 Å². The molecule has 1 atom stereocenters. The summed E-state index contributed by atoms with van der Waals surface area (Å²) in [5.41, 5.74) is 3.66. The van der Waals surface area contributed by atoms with Crippen molar-refractivity contribution < 1.29 is 4.79 Å². The molecule has 8 nitrogen and oxygen atoms in total. The van der Waals surface area contributed by atoms with E-state index in [0.29, 0.717) is 18.5 Å². The first-order valence-corrected chi connectivity index (χ1v) is 14.1. The third-order valence-corrected chi connectivity index (χ3v) is 9.76. The van der Waals surface area contributed by atoms with Gasteiger partial charge in [-0.05, 0) is 37.1 Å². The zero-order chi connectivity index (χ0) is 21.8. The summed E-state index contributed by atoms with van der Waals surface area (Å²) in [5, 5.41) is 4.33. The number of carbonyl (C=O) groups is 1. The summed E-state index contributed by atoms with van der Waals surface area (Å²) < 4.78 is 0. The normalized spacial score (nSPS) is 20.3. The van der Waals surface area contributed by atoms with Crippen LogP contribution in [0.1, 0.15) is 12.0 Å². The summed E-state index contributed by atoms with van der Waals surface area (Å²) in [6.07, 6.45) is 6.24. The van der Waals surface area contributed by atoms with Crippen LogP contribution in [0.3, 0.4) is 0 Å². The van der Waals surface area contributed by atoms with E-state index in [1.54, 1.807) is 30.7 Å². The third-order valence-electron chi connectivity index (χ3n) is 6.54. The maximum atomic E-state index is 12.6. The van der Waals surface area contributed by atoms with Crippen molar-refractivity contribution >= 4 is 48.0 Å². The largest absolute Gasteiger partial charge is 0.343 e. The van der Waals surface area contributed by atoms with E-state index in [2.05, 4.69) is 38.3 Å². The highest BCUT2D eigenvalue weighted by Gasteiger charge is 2.40. The maximum Gasteiger partial charge on any atom is 0.246 e. The summed E-state index contributed by atoms with van der Waals surface area (Å²) in [4.78, 5) is 34.4. The minimum Gasteiger partial charge on any atom is -0.343 e. The van der Waals surface area contributed by atoms with Crippen LogP contribution in [0.5, 0.6) is 0 Å². The fourth-order valence-corrected chi connectivity index (χ4v) is 7.71. The molecule has 3 aromatic rings. The number of amides is 1. The van der Waals surface area contributed by atoms with E-state index < -0.39 is 8.07 Å². The predicted molar refractivity (Wildman–Crippen MR) is 126 cm³/mol. The van der Waals surface area contributed by atoms with Gasteiger partial charge >= 0.3 is 0 Å². The van der Waals surface area contributed by atoms with Gasteiger partial charge in [-0.3, -0.25) is 4.79 Å². The molecule has 0 bridgehead atoms. The molecular formula is C22H27N7OSi. The van der Waals surface area contributed by atoms with E-state index in [0.717, 1.165) is 40.1 Å². The highest BCUT2D eigenvalue weighted by Crippen LogP contribution is 2.40. The number of anilines is 4. The maximum absolute atomic E-state index is 12.6. The molecule has 1 amide bonds. The minimum atomic E-state index is -1.19. The Morgan fingerprint density at radius 2 is 2.03 bits per heavy atom. The lowest BCUT2D eigenvalue weighted by Gasteiger charge is -2.38. The Morgan fingerprint density at radius 1 is 1.19 bits per heavy atom. The molecule has 2 aliphatic heterocycles. The van der Waals surface area contributed by atoms with E-state index in [4.69, 9.17) is 4.98 Å². The zero-order valence-corrected chi connectivity index (χ0v) is 19.4. The zero-order valence-electron chi connectivity index (χ0n) is 18.4. The van der Waals surface area contributed by atoms with Crippen LogP contribution >= 0.6 is 0 Å². The summed E-state index contributed by atoms with van der Waals surface area (Å²) in [5.74, 6) is 1.46. The van der Waals surface area contributed by atoms with E-state index in [1.807, 2.05) is 19.1 Å². The lowest BCUT2D eigenvalue weighted by molar-refractivity contribution is -0.117. The van der Waals surface area contributed by atoms with Gasteiger partial charge in [-0.2, -0.15) is 4.98 Å². The molecule has 160 valence electrons. The van der Waals surface area contributed by atoms with Crippen molar-refractivity contribution in [1.82, 2.24) is 19.9 Å². The van der Waals surface area contributed by atoms with Gasteiger partial charge in [-0.25, -0.2) is 15.0 Å². The number of nitrogens with one attached hydrogen (secondary N) is 1. The molecule has 1 fully saturated rings. The summed E-state index contributed by atoms with van der Waals surface area (Å²) in [7, 11) is 0.608. The highest BCUT2D eigenvalue weighted by molar-refractivity contribution is 6.78. The molecule has 4 heterocycles. The van der Waals surface area contributed by atoms with Gasteiger partial charge in [0.15, 0.2) is 5.82 Å². The second-order valence-corrected chi connectivity index (χ2v) is 14.7. The molecule has 0 saturated carbocycles. The molecule has 1 aromatic carbocycles. The Balaban J connectivity index is 1.51. The lowest BCUT2D eigenvalue weighted by Crippen LogP contribution is -2.48. The number of hydrogen-bond donors (Lipinski definition) is 1. The highest BCUT2D eigenvalue weighted by atomic mass is 28.3. The van der Waals surface area contributed by atoms with Crippen LogP contribution in [0.4, 0.5) is 23.1 Å². The predicted octanol–water partition coefficient (Wildman–Crippen LogP) is 3.74. The van der Waals surface area contributed by atoms with Gasteiger partial charge in [0.1, 0.15) is 12.0 Å². The van der Waals surface area contributed by atoms with Crippen molar-refractivity contribution in [3.8, 4) is 0 Å². The molecule has 1 N–H and O–H groups in total. The van der Waals surface area contributed by atoms with Gasteiger partial charge in [-0.15, -0.1) is 0 Å². The molecule has 0 radical (unpaired) electrons. The number of aromatic nitrogens is 4. The summed E-state index contributed by atoms with van der Waals surface area (Å²) >= 11 is 0. The van der Waals surface area contributed by atoms with Crippen LogP contribution in [0.25, 0.3) is 10.9 Å². The first-order chi connectivity index (χ1) is 14.8. The molecule has 0 spiro atoms. The van der Waals surface area contributed by atoms with Crippen molar-refractivity contribution in [1.29, 1.82) is 0 Å².